The fourth-order valence-corrected chi connectivity index (χ4v) is 0.878. The van der Waals surface area contributed by atoms with E-state index >= 15 is 0 Å². The first-order valence-electron chi connectivity index (χ1n) is 1.69. The third-order valence-electron chi connectivity index (χ3n) is 0.367. The van der Waals surface area contributed by atoms with Crippen molar-refractivity contribution < 1.29 is 0 Å². The van der Waals surface area contributed by atoms with Crippen molar-refractivity contribution in [3.05, 3.63) is 0 Å². The number of hydrogen-bond acceptors (Lipinski definition) is 2. The van der Waals surface area contributed by atoms with E-state index in [0.29, 0.717) is 5.88 Å². The molecule has 0 aromatic rings. The van der Waals surface area contributed by atoms with Crippen LogP contribution < -0.4 is 0 Å². The van der Waals surface area contributed by atoms with E-state index in [-0.39, 0.29) is 4.58 Å². The van der Waals surface area contributed by atoms with Gasteiger partial charge in [-0.2, -0.15) is 25.3 Å². The van der Waals surface area contributed by atoms with Crippen LogP contribution in [0.2, 0.25) is 0 Å². The molecule has 3 heteroatoms. The fourth-order valence-electron chi connectivity index (χ4n) is 0.0976. The molecule has 0 fully saturated rings. The summed E-state index contributed by atoms with van der Waals surface area (Å²) in [6.45, 7) is 0. The third-order valence-corrected chi connectivity index (χ3v) is 1.10. The van der Waals surface area contributed by atoms with Crippen LogP contribution in [0.4, 0.5) is 0 Å². The van der Waals surface area contributed by atoms with E-state index in [9.17, 15) is 0 Å². The van der Waals surface area contributed by atoms with Crippen LogP contribution in [0, 0.1) is 0 Å². The SMILES string of the molecule is SC(S)CCCl. The molecule has 0 atom stereocenters. The Bertz CT molecular complexity index is 30.0. The van der Waals surface area contributed by atoms with E-state index in [1.54, 1.807) is 0 Å². The van der Waals surface area contributed by atoms with Gasteiger partial charge < -0.3 is 0 Å². The molecule has 0 spiro atoms. The van der Waals surface area contributed by atoms with E-state index in [1.165, 1.54) is 0 Å². The molecule has 0 rings (SSSR count). The maximum absolute atomic E-state index is 5.30. The molecule has 0 aromatic carbocycles. The van der Waals surface area contributed by atoms with Gasteiger partial charge in [-0.1, -0.05) is 0 Å². The number of rotatable bonds is 2. The highest BCUT2D eigenvalue weighted by molar-refractivity contribution is 7.99. The summed E-state index contributed by atoms with van der Waals surface area (Å²) in [4.78, 5) is 0. The molecule has 0 amide bonds. The lowest BCUT2D eigenvalue weighted by molar-refractivity contribution is 1.08. The molecule has 0 unspecified atom stereocenters. The highest BCUT2D eigenvalue weighted by Gasteiger charge is 1.88. The van der Waals surface area contributed by atoms with Gasteiger partial charge in [0.25, 0.3) is 0 Å². The Hall–Kier alpha value is 0.990. The van der Waals surface area contributed by atoms with E-state index < -0.39 is 0 Å². The van der Waals surface area contributed by atoms with Crippen molar-refractivity contribution in [2.24, 2.45) is 0 Å². The smallest absolute Gasteiger partial charge is 0.0453 e. The van der Waals surface area contributed by atoms with Crippen LogP contribution >= 0.6 is 36.9 Å². The van der Waals surface area contributed by atoms with Crippen molar-refractivity contribution in [1.29, 1.82) is 0 Å². The molecule has 0 radical (unpaired) electrons. The van der Waals surface area contributed by atoms with E-state index in [4.69, 9.17) is 11.6 Å². The summed E-state index contributed by atoms with van der Waals surface area (Å²) in [7, 11) is 0. The van der Waals surface area contributed by atoms with Crippen molar-refractivity contribution in [2.45, 2.75) is 11.0 Å². The first-order valence-corrected chi connectivity index (χ1v) is 3.26. The molecule has 0 saturated heterocycles. The monoisotopic (exact) mass is 142 g/mol. The molecule has 0 heterocycles. The fraction of sp³-hybridized carbons (Fsp3) is 1.00. The largest absolute Gasteiger partial charge is 0.165 e. The molecule has 0 aromatic heterocycles. The summed E-state index contributed by atoms with van der Waals surface area (Å²) in [5.74, 6) is 0.650. The van der Waals surface area contributed by atoms with Gasteiger partial charge >= 0.3 is 0 Å². The summed E-state index contributed by atoms with van der Waals surface area (Å²) in [6.07, 6.45) is 0.869. The normalized spacial score (nSPS) is 10.0. The first kappa shape index (κ1) is 6.99. The first-order chi connectivity index (χ1) is 2.77. The van der Waals surface area contributed by atoms with Gasteiger partial charge in [0.2, 0.25) is 0 Å². The van der Waals surface area contributed by atoms with Gasteiger partial charge in [0.05, 0.1) is 0 Å². The van der Waals surface area contributed by atoms with Crippen LogP contribution in [-0.4, -0.2) is 10.5 Å². The molecular formula is C3H7ClS2. The van der Waals surface area contributed by atoms with E-state index in [0.717, 1.165) is 6.42 Å². The second-order valence-electron chi connectivity index (χ2n) is 0.958. The average Bonchev–Trinajstić information content (AvgIpc) is 1.35. The lowest BCUT2D eigenvalue weighted by Crippen LogP contribution is -1.85. The Morgan fingerprint density at radius 2 is 2.00 bits per heavy atom. The second kappa shape index (κ2) is 4.16. The molecular weight excluding hydrogens is 136 g/mol. The van der Waals surface area contributed by atoms with Crippen LogP contribution in [0.3, 0.4) is 0 Å². The Kier molecular flexibility index (Phi) is 4.84. The third kappa shape index (κ3) is 4.99. The Morgan fingerprint density at radius 3 is 2.00 bits per heavy atom. The Morgan fingerprint density at radius 1 is 1.50 bits per heavy atom. The molecule has 0 saturated carbocycles. The zero-order valence-corrected chi connectivity index (χ0v) is 5.81. The molecule has 0 aliphatic heterocycles. The van der Waals surface area contributed by atoms with Crippen molar-refractivity contribution in [2.75, 3.05) is 5.88 Å². The van der Waals surface area contributed by atoms with Gasteiger partial charge in [0.15, 0.2) is 0 Å². The van der Waals surface area contributed by atoms with Crippen LogP contribution in [0.15, 0.2) is 0 Å². The van der Waals surface area contributed by atoms with Crippen molar-refractivity contribution >= 4 is 36.9 Å². The molecule has 6 heavy (non-hydrogen) atoms. The lowest BCUT2D eigenvalue weighted by atomic mass is 10.6. The van der Waals surface area contributed by atoms with Crippen LogP contribution in [0.1, 0.15) is 6.42 Å². The molecule has 0 bridgehead atoms. The van der Waals surface area contributed by atoms with Gasteiger partial charge in [0, 0.05) is 10.5 Å². The van der Waals surface area contributed by atoms with Crippen LogP contribution in [0.5, 0.6) is 0 Å². The summed E-state index contributed by atoms with van der Waals surface area (Å²) in [5.41, 5.74) is 0. The highest BCUT2D eigenvalue weighted by atomic mass is 35.5. The minimum Gasteiger partial charge on any atom is -0.165 e. The standard InChI is InChI=1S/C3H7ClS2/c4-2-1-3(5)6/h3,5-6H,1-2H2. The zero-order chi connectivity index (χ0) is 4.99. The Labute approximate surface area is 54.1 Å². The molecule has 0 aliphatic carbocycles. The van der Waals surface area contributed by atoms with Crippen LogP contribution in [-0.2, 0) is 0 Å². The topological polar surface area (TPSA) is 0 Å². The molecule has 38 valence electrons. The highest BCUT2D eigenvalue weighted by Crippen LogP contribution is 2.04. The average molecular weight is 143 g/mol. The van der Waals surface area contributed by atoms with E-state index in [1.807, 2.05) is 0 Å². The van der Waals surface area contributed by atoms with E-state index in [2.05, 4.69) is 25.3 Å². The number of thiol groups is 2. The summed E-state index contributed by atoms with van der Waals surface area (Å²) < 4.78 is 0.155. The van der Waals surface area contributed by atoms with Crippen LogP contribution in [0.25, 0.3) is 0 Å². The lowest BCUT2D eigenvalue weighted by Gasteiger charge is -1.93. The summed E-state index contributed by atoms with van der Waals surface area (Å²) in [5, 5.41) is 0. The predicted octanol–water partition coefficient (Wildman–Crippen LogP) is 1.80. The quantitative estimate of drug-likeness (QED) is 0.328. The number of halogens is 1. The Balaban J connectivity index is 2.63. The minimum atomic E-state index is 0.155. The van der Waals surface area contributed by atoms with Gasteiger partial charge in [-0.15, -0.1) is 11.6 Å². The summed E-state index contributed by atoms with van der Waals surface area (Å²) in [6, 6.07) is 0. The van der Waals surface area contributed by atoms with Gasteiger partial charge in [-0.05, 0) is 6.42 Å². The second-order valence-corrected chi connectivity index (χ2v) is 2.99. The van der Waals surface area contributed by atoms with Gasteiger partial charge in [-0.3, -0.25) is 0 Å². The maximum atomic E-state index is 5.30. The predicted molar refractivity (Wildman–Crippen MR) is 37.1 cm³/mol. The van der Waals surface area contributed by atoms with Crippen molar-refractivity contribution in [3.8, 4) is 0 Å². The maximum Gasteiger partial charge on any atom is 0.0453 e. The van der Waals surface area contributed by atoms with Crippen molar-refractivity contribution in [1.82, 2.24) is 0 Å². The molecule has 0 N–H and O–H groups in total. The summed E-state index contributed by atoms with van der Waals surface area (Å²) >= 11 is 13.2. The van der Waals surface area contributed by atoms with Gasteiger partial charge in [-0.25, -0.2) is 0 Å². The van der Waals surface area contributed by atoms with Gasteiger partial charge in [0.1, 0.15) is 0 Å². The molecule has 0 nitrogen and oxygen atoms in total. The number of alkyl halides is 1. The number of hydrogen-bond donors (Lipinski definition) is 2. The minimum absolute atomic E-state index is 0.155. The molecule has 0 aliphatic rings. The zero-order valence-electron chi connectivity index (χ0n) is 3.26. The van der Waals surface area contributed by atoms with Crippen molar-refractivity contribution in [3.63, 3.8) is 0 Å².